The Morgan fingerprint density at radius 3 is 2.60 bits per heavy atom. The van der Waals surface area contributed by atoms with Gasteiger partial charge in [0, 0.05) is 17.3 Å². The lowest BCUT2D eigenvalue weighted by atomic mass is 10.1. The van der Waals surface area contributed by atoms with Gasteiger partial charge in [-0.3, -0.25) is 0 Å². The predicted molar refractivity (Wildman–Crippen MR) is 71.5 cm³/mol. The van der Waals surface area contributed by atoms with Gasteiger partial charge in [0.25, 0.3) is 0 Å². The molecule has 2 fully saturated rings. The summed E-state index contributed by atoms with van der Waals surface area (Å²) < 4.78 is 0.454. The van der Waals surface area contributed by atoms with Gasteiger partial charge < -0.3 is 10.6 Å². The molecule has 0 aromatic carbocycles. The van der Waals surface area contributed by atoms with Crippen LogP contribution in [0.25, 0.3) is 0 Å². The van der Waals surface area contributed by atoms with Crippen LogP contribution in [-0.2, 0) is 0 Å². The zero-order valence-electron chi connectivity index (χ0n) is 9.34. The molecule has 0 unspecified atom stereocenters. The molecule has 2 aliphatic rings. The van der Waals surface area contributed by atoms with Gasteiger partial charge in [0.1, 0.15) is 0 Å². The molecule has 0 saturated heterocycles. The van der Waals surface area contributed by atoms with E-state index in [4.69, 9.17) is 12.2 Å². The maximum Gasteiger partial charge on any atom is 0.166 e. The highest BCUT2D eigenvalue weighted by atomic mass is 32.2. The van der Waals surface area contributed by atoms with Crippen LogP contribution in [0.1, 0.15) is 38.5 Å². The van der Waals surface area contributed by atoms with Crippen LogP contribution in [0.3, 0.4) is 0 Å². The second kappa shape index (κ2) is 4.91. The van der Waals surface area contributed by atoms with E-state index in [1.165, 1.54) is 38.5 Å². The molecule has 0 atom stereocenters. The third kappa shape index (κ3) is 3.25. The second-order valence-corrected chi connectivity index (χ2v) is 6.38. The van der Waals surface area contributed by atoms with E-state index in [1.807, 2.05) is 11.8 Å². The summed E-state index contributed by atoms with van der Waals surface area (Å²) in [5.41, 5.74) is 0. The van der Waals surface area contributed by atoms with Crippen molar-refractivity contribution >= 4 is 29.1 Å². The molecule has 0 bridgehead atoms. The van der Waals surface area contributed by atoms with Gasteiger partial charge in [-0.1, -0.05) is 12.8 Å². The van der Waals surface area contributed by atoms with Crippen molar-refractivity contribution in [3.05, 3.63) is 0 Å². The van der Waals surface area contributed by atoms with Gasteiger partial charge in [-0.25, -0.2) is 0 Å². The average molecular weight is 244 g/mol. The van der Waals surface area contributed by atoms with E-state index in [0.717, 1.165) is 11.7 Å². The topological polar surface area (TPSA) is 24.1 Å². The van der Waals surface area contributed by atoms with Crippen molar-refractivity contribution in [2.24, 2.45) is 0 Å². The van der Waals surface area contributed by atoms with Crippen molar-refractivity contribution in [1.82, 2.24) is 10.6 Å². The summed E-state index contributed by atoms with van der Waals surface area (Å²) in [6, 6.07) is 0.666. The van der Waals surface area contributed by atoms with Gasteiger partial charge in [-0.2, -0.15) is 11.8 Å². The van der Waals surface area contributed by atoms with E-state index in [2.05, 4.69) is 16.9 Å². The van der Waals surface area contributed by atoms with Crippen molar-refractivity contribution in [3.63, 3.8) is 0 Å². The molecule has 2 saturated carbocycles. The summed E-state index contributed by atoms with van der Waals surface area (Å²) in [4.78, 5) is 0. The Kier molecular flexibility index (Phi) is 3.78. The van der Waals surface area contributed by atoms with Crippen LogP contribution < -0.4 is 10.6 Å². The first kappa shape index (κ1) is 11.5. The monoisotopic (exact) mass is 244 g/mol. The highest BCUT2D eigenvalue weighted by Gasteiger charge is 2.33. The molecule has 2 nitrogen and oxygen atoms in total. The largest absolute Gasteiger partial charge is 0.361 e. The Labute approximate surface area is 102 Å². The molecule has 2 rings (SSSR count). The Morgan fingerprint density at radius 1 is 1.40 bits per heavy atom. The number of thioether (sulfide) groups is 1. The lowest BCUT2D eigenvalue weighted by Gasteiger charge is -2.27. The minimum Gasteiger partial charge on any atom is -0.361 e. The van der Waals surface area contributed by atoms with Gasteiger partial charge in [-0.05, 0) is 44.2 Å². The molecular formula is C11H20N2S2. The van der Waals surface area contributed by atoms with Gasteiger partial charge in [0.15, 0.2) is 5.11 Å². The maximum absolute atomic E-state index is 5.27. The van der Waals surface area contributed by atoms with Crippen LogP contribution in [-0.4, -0.2) is 28.7 Å². The van der Waals surface area contributed by atoms with Crippen molar-refractivity contribution in [2.45, 2.75) is 49.3 Å². The first-order valence-corrected chi connectivity index (χ1v) is 7.47. The average Bonchev–Trinajstić information content (AvgIpc) is 2.93. The van der Waals surface area contributed by atoms with Crippen LogP contribution in [0.5, 0.6) is 0 Å². The summed E-state index contributed by atoms with van der Waals surface area (Å²) >= 11 is 7.28. The van der Waals surface area contributed by atoms with E-state index in [1.54, 1.807) is 0 Å². The highest BCUT2D eigenvalue weighted by Crippen LogP contribution is 2.39. The van der Waals surface area contributed by atoms with Crippen LogP contribution in [0.15, 0.2) is 0 Å². The third-order valence-corrected chi connectivity index (χ3v) is 5.11. The molecule has 0 amide bonds. The smallest absolute Gasteiger partial charge is 0.166 e. The number of thiocarbonyl (C=S) groups is 1. The SMILES string of the molecule is CSC1(CNC(=S)NC2CC2)CCCC1. The van der Waals surface area contributed by atoms with Gasteiger partial charge >= 0.3 is 0 Å². The molecule has 0 aromatic heterocycles. The molecule has 15 heavy (non-hydrogen) atoms. The summed E-state index contributed by atoms with van der Waals surface area (Å²) in [5.74, 6) is 0. The van der Waals surface area contributed by atoms with E-state index in [0.29, 0.717) is 10.8 Å². The van der Waals surface area contributed by atoms with Crippen molar-refractivity contribution in [1.29, 1.82) is 0 Å². The fourth-order valence-electron chi connectivity index (χ4n) is 2.18. The zero-order valence-corrected chi connectivity index (χ0v) is 11.0. The molecule has 0 aliphatic heterocycles. The fourth-order valence-corrected chi connectivity index (χ4v) is 3.33. The Hall–Kier alpha value is 0.0400. The molecule has 2 aliphatic carbocycles. The Bertz CT molecular complexity index is 233. The van der Waals surface area contributed by atoms with E-state index >= 15 is 0 Å². The van der Waals surface area contributed by atoms with Crippen molar-refractivity contribution < 1.29 is 0 Å². The fraction of sp³-hybridized carbons (Fsp3) is 0.909. The summed E-state index contributed by atoms with van der Waals surface area (Å²) in [6.07, 6.45) is 10.2. The second-order valence-electron chi connectivity index (χ2n) is 4.70. The predicted octanol–water partition coefficient (Wildman–Crippen LogP) is 2.29. The molecule has 0 spiro atoms. The third-order valence-electron chi connectivity index (χ3n) is 3.43. The summed E-state index contributed by atoms with van der Waals surface area (Å²) in [7, 11) is 0. The maximum atomic E-state index is 5.27. The van der Waals surface area contributed by atoms with E-state index in [-0.39, 0.29) is 0 Å². The number of hydrogen-bond acceptors (Lipinski definition) is 2. The van der Waals surface area contributed by atoms with E-state index < -0.39 is 0 Å². The van der Waals surface area contributed by atoms with Gasteiger partial charge in [0.05, 0.1) is 0 Å². The first-order valence-electron chi connectivity index (χ1n) is 5.84. The lowest BCUT2D eigenvalue weighted by molar-refractivity contribution is 0.587. The van der Waals surface area contributed by atoms with Gasteiger partial charge in [-0.15, -0.1) is 0 Å². The van der Waals surface area contributed by atoms with E-state index in [9.17, 15) is 0 Å². The number of nitrogens with one attached hydrogen (secondary N) is 2. The quantitative estimate of drug-likeness (QED) is 0.741. The number of rotatable bonds is 4. The first-order chi connectivity index (χ1) is 7.24. The van der Waals surface area contributed by atoms with Crippen LogP contribution >= 0.6 is 24.0 Å². The zero-order chi connectivity index (χ0) is 10.7. The van der Waals surface area contributed by atoms with Crippen LogP contribution in [0.2, 0.25) is 0 Å². The molecule has 86 valence electrons. The Balaban J connectivity index is 1.72. The normalized spacial score (nSPS) is 23.8. The summed E-state index contributed by atoms with van der Waals surface area (Å²) in [5, 5.41) is 7.58. The molecule has 0 radical (unpaired) electrons. The molecular weight excluding hydrogens is 224 g/mol. The Morgan fingerprint density at radius 2 is 2.07 bits per heavy atom. The van der Waals surface area contributed by atoms with Crippen molar-refractivity contribution in [3.8, 4) is 0 Å². The van der Waals surface area contributed by atoms with Gasteiger partial charge in [0.2, 0.25) is 0 Å². The summed E-state index contributed by atoms with van der Waals surface area (Å²) in [6.45, 7) is 1.03. The van der Waals surface area contributed by atoms with Crippen LogP contribution in [0, 0.1) is 0 Å². The molecule has 0 aromatic rings. The standard InChI is InChI=1S/C11H20N2S2/c1-15-11(6-2-3-7-11)8-12-10(14)13-9-4-5-9/h9H,2-8H2,1H3,(H2,12,13,14). The number of hydrogen-bond donors (Lipinski definition) is 2. The van der Waals surface area contributed by atoms with Crippen molar-refractivity contribution in [2.75, 3.05) is 12.8 Å². The minimum absolute atomic E-state index is 0.454. The minimum atomic E-state index is 0.454. The molecule has 4 heteroatoms. The van der Waals surface area contributed by atoms with Crippen LogP contribution in [0.4, 0.5) is 0 Å². The molecule has 0 heterocycles. The highest BCUT2D eigenvalue weighted by molar-refractivity contribution is 8.00. The lowest BCUT2D eigenvalue weighted by Crippen LogP contribution is -2.43. The molecule has 2 N–H and O–H groups in total.